The van der Waals surface area contributed by atoms with Crippen molar-refractivity contribution in [1.82, 2.24) is 9.97 Å². The fraction of sp³-hybridized carbons (Fsp3) is 0.643. The quantitative estimate of drug-likeness (QED) is 0.113. The first-order chi connectivity index (χ1) is 21.7. The van der Waals surface area contributed by atoms with Gasteiger partial charge >= 0.3 is 47.8 Å². The van der Waals surface area contributed by atoms with Crippen molar-refractivity contribution < 1.29 is 79.4 Å². The maximum atomic E-state index is 14.5. The normalized spacial score (nSPS) is 14.4. The van der Waals surface area contributed by atoms with Crippen molar-refractivity contribution in [1.29, 1.82) is 0 Å². The number of aromatic nitrogens is 2. The molecule has 0 radical (unpaired) electrons. The molecule has 0 fully saturated rings. The second-order valence-electron chi connectivity index (χ2n) is 10.7. The summed E-state index contributed by atoms with van der Waals surface area (Å²) in [7, 11) is 0. The van der Waals surface area contributed by atoms with Crippen molar-refractivity contribution >= 4 is 0 Å². The Balaban J connectivity index is 2.32. The molecule has 0 saturated heterocycles. The molecule has 0 amide bonds. The smallest absolute Gasteiger partial charge is 0.427 e. The number of benzene rings is 1. The summed E-state index contributed by atoms with van der Waals surface area (Å²) in [6.07, 6.45) is -4.22. The summed E-state index contributed by atoms with van der Waals surface area (Å²) < 4.78 is 234. The molecule has 0 aliphatic carbocycles. The molecule has 0 bridgehead atoms. The van der Waals surface area contributed by atoms with E-state index >= 15 is 0 Å². The van der Waals surface area contributed by atoms with Crippen molar-refractivity contribution in [3.63, 3.8) is 0 Å². The van der Waals surface area contributed by atoms with Gasteiger partial charge in [-0.05, 0) is 30.5 Å². The van der Waals surface area contributed by atoms with Crippen LogP contribution >= 0.6 is 0 Å². The first-order valence-electron chi connectivity index (χ1n) is 14.0. The van der Waals surface area contributed by atoms with Crippen LogP contribution in [0.2, 0.25) is 0 Å². The number of ether oxygens (including phenoxy) is 1. The summed E-state index contributed by atoms with van der Waals surface area (Å²) >= 11 is 0. The zero-order chi connectivity index (χ0) is 37.0. The van der Waals surface area contributed by atoms with Gasteiger partial charge in [0.15, 0.2) is 5.82 Å². The van der Waals surface area contributed by atoms with Crippen molar-refractivity contribution in [3.8, 4) is 17.1 Å². The summed E-state index contributed by atoms with van der Waals surface area (Å²) in [6, 6.07) is 2.88. The highest BCUT2D eigenvalue weighted by Gasteiger charge is 2.95. The van der Waals surface area contributed by atoms with Crippen molar-refractivity contribution in [2.45, 2.75) is 113 Å². The Morgan fingerprint density at radius 1 is 0.521 bits per heavy atom. The molecular weight excluding hydrogens is 703 g/mol. The summed E-state index contributed by atoms with van der Waals surface area (Å²) in [5, 5.41) is 0. The van der Waals surface area contributed by atoms with Gasteiger partial charge in [-0.2, -0.15) is 74.6 Å². The first-order valence-corrected chi connectivity index (χ1v) is 14.0. The number of rotatable bonds is 18. The van der Waals surface area contributed by atoms with Crippen LogP contribution in [0.4, 0.5) is 74.6 Å². The van der Waals surface area contributed by atoms with E-state index in [1.54, 1.807) is 0 Å². The molecule has 0 saturated carbocycles. The Morgan fingerprint density at radius 2 is 0.938 bits per heavy atom. The molecule has 0 N–H and O–H groups in total. The largest absolute Gasteiger partial charge is 0.471 e. The third-order valence-electron chi connectivity index (χ3n) is 7.08. The molecule has 20 heteroatoms. The van der Waals surface area contributed by atoms with Crippen molar-refractivity contribution in [3.05, 3.63) is 42.2 Å². The second-order valence-corrected chi connectivity index (χ2v) is 10.7. The molecule has 0 atom stereocenters. The van der Waals surface area contributed by atoms with E-state index in [9.17, 15) is 74.6 Å². The van der Waals surface area contributed by atoms with E-state index in [2.05, 4.69) is 21.6 Å². The summed E-state index contributed by atoms with van der Waals surface area (Å²) in [6.45, 7) is 2.07. The first kappa shape index (κ1) is 41.1. The molecule has 0 unspecified atom stereocenters. The lowest BCUT2D eigenvalue weighted by atomic mass is 9.90. The monoisotopic (exact) mass is 730 g/mol. The van der Waals surface area contributed by atoms with Gasteiger partial charge in [0.1, 0.15) is 5.75 Å². The van der Waals surface area contributed by atoms with E-state index in [1.807, 2.05) is 0 Å². The number of nitrogens with zero attached hydrogens (tertiary/aromatic N) is 2. The Morgan fingerprint density at radius 3 is 1.42 bits per heavy atom. The van der Waals surface area contributed by atoms with Crippen molar-refractivity contribution in [2.24, 2.45) is 0 Å². The van der Waals surface area contributed by atoms with Gasteiger partial charge < -0.3 is 4.74 Å². The second kappa shape index (κ2) is 14.4. The number of alkyl halides is 17. The van der Waals surface area contributed by atoms with Gasteiger partial charge in [-0.15, -0.1) is 0 Å². The molecule has 1 aromatic carbocycles. The summed E-state index contributed by atoms with van der Waals surface area (Å²) in [5.74, 6) is -52.8. The molecule has 0 spiro atoms. The molecule has 2 rings (SSSR count). The molecular formula is C28H27F17N2O. The molecule has 274 valence electrons. The Labute approximate surface area is 261 Å². The third-order valence-corrected chi connectivity index (χ3v) is 7.08. The molecule has 2 aromatic rings. The lowest BCUT2D eigenvalue weighted by Crippen LogP contribution is -2.74. The van der Waals surface area contributed by atoms with Crippen LogP contribution in [0.1, 0.15) is 63.9 Å². The number of halogens is 17. The standard InChI is InChI=1S/C28H27F17N2O/c1-2-3-4-5-6-7-8-9-12-17-15-46-20(47-16-17)18-13-10-11-14-19(18)48-28(44,45)26(39,40)24(35,36)22(31,32)21(29,30)23(33,34)25(37,38)27(41,42)43/h10-11,13-16H,2-9,12H2,1H3. The molecule has 48 heavy (non-hydrogen) atoms. The lowest BCUT2D eigenvalue weighted by molar-refractivity contribution is -0.471. The van der Waals surface area contributed by atoms with E-state index in [0.717, 1.165) is 63.1 Å². The molecule has 3 nitrogen and oxygen atoms in total. The van der Waals surface area contributed by atoms with Gasteiger partial charge in [-0.1, -0.05) is 64.0 Å². The van der Waals surface area contributed by atoms with Gasteiger partial charge in [0, 0.05) is 12.4 Å². The van der Waals surface area contributed by atoms with Gasteiger partial charge in [0.25, 0.3) is 0 Å². The average molecular weight is 731 g/mol. The fourth-order valence-corrected chi connectivity index (χ4v) is 4.18. The van der Waals surface area contributed by atoms with Crippen LogP contribution in [0.3, 0.4) is 0 Å². The van der Waals surface area contributed by atoms with E-state index < -0.39 is 65.0 Å². The average Bonchev–Trinajstić information content (AvgIpc) is 2.97. The molecule has 1 heterocycles. The predicted octanol–water partition coefficient (Wildman–Crippen LogP) is 11.2. The highest BCUT2D eigenvalue weighted by atomic mass is 19.4. The SMILES string of the molecule is CCCCCCCCCCc1cnc(-c2ccccc2OC(F)(F)C(F)(F)C(F)(F)C(F)(F)C(F)(F)C(F)(F)C(F)(F)C(F)(F)F)nc1. The Bertz CT molecular complexity index is 1330. The van der Waals surface area contributed by atoms with E-state index in [0.29, 0.717) is 24.5 Å². The van der Waals surface area contributed by atoms with E-state index in [-0.39, 0.29) is 0 Å². The summed E-state index contributed by atoms with van der Waals surface area (Å²) in [4.78, 5) is 7.61. The molecule has 0 aliphatic rings. The summed E-state index contributed by atoms with van der Waals surface area (Å²) in [5.41, 5.74) is -0.279. The van der Waals surface area contributed by atoms with Gasteiger partial charge in [0.05, 0.1) is 5.56 Å². The number of unbranched alkanes of at least 4 members (excludes halogenated alkanes) is 7. The Hall–Kier alpha value is -3.09. The molecule has 0 aliphatic heterocycles. The van der Waals surface area contributed by atoms with E-state index in [1.165, 1.54) is 12.4 Å². The zero-order valence-corrected chi connectivity index (χ0v) is 24.6. The van der Waals surface area contributed by atoms with Crippen LogP contribution in [-0.4, -0.2) is 57.8 Å². The highest BCUT2D eigenvalue weighted by Crippen LogP contribution is 2.64. The topological polar surface area (TPSA) is 35.0 Å². The van der Waals surface area contributed by atoms with Gasteiger partial charge in [-0.25, -0.2) is 9.97 Å². The minimum absolute atomic E-state index is 0.347. The maximum Gasteiger partial charge on any atom is 0.471 e. The highest BCUT2D eigenvalue weighted by molar-refractivity contribution is 5.63. The Kier molecular flexibility index (Phi) is 12.3. The van der Waals surface area contributed by atoms with Gasteiger partial charge in [-0.3, -0.25) is 0 Å². The van der Waals surface area contributed by atoms with Crippen LogP contribution in [0.5, 0.6) is 5.75 Å². The third kappa shape index (κ3) is 7.55. The number of hydrogen-bond donors (Lipinski definition) is 0. The van der Waals surface area contributed by atoms with Crippen molar-refractivity contribution in [2.75, 3.05) is 0 Å². The predicted molar refractivity (Wildman–Crippen MR) is 135 cm³/mol. The molecule has 1 aromatic heterocycles. The van der Waals surface area contributed by atoms with Crippen LogP contribution < -0.4 is 4.74 Å². The lowest BCUT2D eigenvalue weighted by Gasteiger charge is -2.42. The number of aryl methyl sites for hydroxylation is 1. The van der Waals surface area contributed by atoms with Crippen LogP contribution in [-0.2, 0) is 6.42 Å². The van der Waals surface area contributed by atoms with Gasteiger partial charge in [0.2, 0.25) is 0 Å². The van der Waals surface area contributed by atoms with Crippen LogP contribution in [0.15, 0.2) is 36.7 Å². The minimum atomic E-state index is -8.72. The minimum Gasteiger partial charge on any atom is -0.427 e. The number of para-hydroxylation sites is 1. The zero-order valence-electron chi connectivity index (χ0n) is 24.6. The number of hydrogen-bond acceptors (Lipinski definition) is 3. The fourth-order valence-electron chi connectivity index (χ4n) is 4.18. The van der Waals surface area contributed by atoms with Crippen LogP contribution in [0, 0.1) is 0 Å². The van der Waals surface area contributed by atoms with Crippen LogP contribution in [0.25, 0.3) is 11.4 Å². The van der Waals surface area contributed by atoms with E-state index in [4.69, 9.17) is 0 Å². The maximum absolute atomic E-state index is 14.5.